The van der Waals surface area contributed by atoms with Crippen molar-refractivity contribution >= 4 is 34.8 Å². The van der Waals surface area contributed by atoms with Gasteiger partial charge < -0.3 is 20.1 Å². The molecule has 8 heteroatoms. The van der Waals surface area contributed by atoms with Crippen LogP contribution in [-0.4, -0.2) is 31.1 Å². The summed E-state index contributed by atoms with van der Waals surface area (Å²) >= 11 is 6.14. The Hall–Kier alpha value is -3.42. The summed E-state index contributed by atoms with van der Waals surface area (Å²) in [5.74, 6) is -1.15. The van der Waals surface area contributed by atoms with Crippen LogP contribution < -0.4 is 15.4 Å². The second-order valence-electron chi connectivity index (χ2n) is 8.00. The number of carbonyl (C=O) groups excluding carboxylic acids is 2. The van der Waals surface area contributed by atoms with Crippen LogP contribution in [0.1, 0.15) is 39.1 Å². The molecular formula is C26H24ClFN2O4. The molecule has 1 aliphatic heterocycles. The second-order valence-corrected chi connectivity index (χ2v) is 8.44. The van der Waals surface area contributed by atoms with Crippen LogP contribution in [0.25, 0.3) is 0 Å². The van der Waals surface area contributed by atoms with Gasteiger partial charge in [0.1, 0.15) is 18.2 Å². The van der Waals surface area contributed by atoms with Crippen LogP contribution in [0.15, 0.2) is 60.7 Å². The number of ether oxygens (including phenoxy) is 2. The zero-order valence-electron chi connectivity index (χ0n) is 18.6. The zero-order valence-corrected chi connectivity index (χ0v) is 19.3. The van der Waals surface area contributed by atoms with Gasteiger partial charge in [-0.3, -0.25) is 9.59 Å². The molecule has 6 nitrogen and oxygen atoms in total. The predicted molar refractivity (Wildman–Crippen MR) is 129 cm³/mol. The lowest BCUT2D eigenvalue weighted by atomic mass is 10.1. The van der Waals surface area contributed by atoms with Crippen LogP contribution in [0.4, 0.5) is 15.8 Å². The lowest BCUT2D eigenvalue weighted by molar-refractivity contribution is 0.0682. The quantitative estimate of drug-likeness (QED) is 0.443. The molecule has 0 aromatic heterocycles. The maximum atomic E-state index is 14.0. The lowest BCUT2D eigenvalue weighted by Gasteiger charge is -2.16. The van der Waals surface area contributed by atoms with Gasteiger partial charge in [-0.25, -0.2) is 4.39 Å². The molecule has 3 aromatic carbocycles. The number of anilines is 2. The fraction of sp³-hybridized carbons (Fsp3) is 0.231. The highest BCUT2D eigenvalue weighted by Crippen LogP contribution is 2.30. The van der Waals surface area contributed by atoms with Crippen LogP contribution in [0, 0.1) is 12.7 Å². The van der Waals surface area contributed by atoms with Crippen molar-refractivity contribution in [3.8, 4) is 5.75 Å². The Bertz CT molecular complexity index is 1210. The number of benzene rings is 3. The Morgan fingerprint density at radius 1 is 1.06 bits per heavy atom. The molecule has 1 fully saturated rings. The molecule has 2 N–H and O–H groups in total. The molecule has 0 radical (unpaired) electrons. The number of carbonyl (C=O) groups is 2. The molecule has 176 valence electrons. The number of hydrogen-bond donors (Lipinski definition) is 2. The first-order chi connectivity index (χ1) is 16.4. The molecule has 1 aliphatic rings. The minimum absolute atomic E-state index is 0.0250. The van der Waals surface area contributed by atoms with Crippen molar-refractivity contribution in [1.82, 2.24) is 0 Å². The SMILES string of the molecule is Cc1ccc(C(=O)Nc2cc(Cl)ccc2OCC2CCCO2)cc1NC(=O)c1ccccc1F. The Morgan fingerprint density at radius 3 is 2.62 bits per heavy atom. The third-order valence-corrected chi connectivity index (χ3v) is 5.74. The standard InChI is InChI=1S/C26H24ClFN2O4/c1-16-8-9-17(13-22(16)29-26(32)20-6-2-3-7-21(20)28)25(31)30-23-14-18(27)10-11-24(23)34-15-19-5-4-12-33-19/h2-3,6-11,13-14,19H,4-5,12,15H2,1H3,(H,29,32)(H,30,31). The minimum Gasteiger partial charge on any atom is -0.489 e. The van der Waals surface area contributed by atoms with Gasteiger partial charge in [0.05, 0.1) is 17.4 Å². The fourth-order valence-corrected chi connectivity index (χ4v) is 3.78. The van der Waals surface area contributed by atoms with E-state index in [1.54, 1.807) is 49.4 Å². The summed E-state index contributed by atoms with van der Waals surface area (Å²) in [4.78, 5) is 25.5. The smallest absolute Gasteiger partial charge is 0.258 e. The highest BCUT2D eigenvalue weighted by molar-refractivity contribution is 6.31. The van der Waals surface area contributed by atoms with Gasteiger partial charge in [0.2, 0.25) is 0 Å². The number of halogens is 2. The summed E-state index contributed by atoms with van der Waals surface area (Å²) in [6, 6.07) is 15.6. The largest absolute Gasteiger partial charge is 0.489 e. The van der Waals surface area contributed by atoms with Gasteiger partial charge in [-0.1, -0.05) is 29.8 Å². The van der Waals surface area contributed by atoms with Crippen molar-refractivity contribution in [1.29, 1.82) is 0 Å². The average Bonchev–Trinajstić information content (AvgIpc) is 3.34. The van der Waals surface area contributed by atoms with Crippen LogP contribution in [0.2, 0.25) is 5.02 Å². The zero-order chi connectivity index (χ0) is 24.1. The number of rotatable bonds is 7. The van der Waals surface area contributed by atoms with E-state index in [0.717, 1.165) is 25.0 Å². The van der Waals surface area contributed by atoms with E-state index in [1.807, 2.05) is 0 Å². The van der Waals surface area contributed by atoms with Crippen molar-refractivity contribution in [3.05, 3.63) is 88.2 Å². The molecule has 2 amide bonds. The average molecular weight is 483 g/mol. The Labute approximate surface area is 202 Å². The van der Waals surface area contributed by atoms with Crippen molar-refractivity contribution in [2.45, 2.75) is 25.9 Å². The normalized spacial score (nSPS) is 15.1. The Morgan fingerprint density at radius 2 is 1.85 bits per heavy atom. The van der Waals surface area contributed by atoms with Crippen molar-refractivity contribution < 1.29 is 23.5 Å². The number of amides is 2. The first kappa shape index (κ1) is 23.7. The van der Waals surface area contributed by atoms with E-state index in [0.29, 0.717) is 34.3 Å². The van der Waals surface area contributed by atoms with Crippen LogP contribution in [0.3, 0.4) is 0 Å². The van der Waals surface area contributed by atoms with Gasteiger partial charge in [0, 0.05) is 22.9 Å². The van der Waals surface area contributed by atoms with Crippen molar-refractivity contribution in [2.24, 2.45) is 0 Å². The maximum Gasteiger partial charge on any atom is 0.258 e. The van der Waals surface area contributed by atoms with Crippen molar-refractivity contribution in [2.75, 3.05) is 23.8 Å². The summed E-state index contributed by atoms with van der Waals surface area (Å²) in [5.41, 5.74) is 1.78. The van der Waals surface area contributed by atoms with E-state index in [2.05, 4.69) is 10.6 Å². The van der Waals surface area contributed by atoms with Gasteiger partial charge in [-0.15, -0.1) is 0 Å². The summed E-state index contributed by atoms with van der Waals surface area (Å²) in [7, 11) is 0. The number of nitrogens with one attached hydrogen (secondary N) is 2. The van der Waals surface area contributed by atoms with Crippen LogP contribution in [-0.2, 0) is 4.74 Å². The van der Waals surface area contributed by atoms with Gasteiger partial charge >= 0.3 is 0 Å². The highest BCUT2D eigenvalue weighted by atomic mass is 35.5. The first-order valence-electron chi connectivity index (χ1n) is 10.9. The maximum absolute atomic E-state index is 14.0. The fourth-order valence-electron chi connectivity index (χ4n) is 3.61. The van der Waals surface area contributed by atoms with E-state index < -0.39 is 17.6 Å². The molecule has 1 heterocycles. The topological polar surface area (TPSA) is 76.7 Å². The summed E-state index contributed by atoms with van der Waals surface area (Å²) in [6.07, 6.45) is 1.96. The predicted octanol–water partition coefficient (Wildman–Crippen LogP) is 5.85. The minimum atomic E-state index is -0.622. The lowest BCUT2D eigenvalue weighted by Crippen LogP contribution is -2.18. The summed E-state index contributed by atoms with van der Waals surface area (Å²) in [5, 5.41) is 5.95. The monoisotopic (exact) mass is 482 g/mol. The highest BCUT2D eigenvalue weighted by Gasteiger charge is 2.19. The van der Waals surface area contributed by atoms with Gasteiger partial charge in [-0.05, 0) is 67.8 Å². The molecule has 0 bridgehead atoms. The summed E-state index contributed by atoms with van der Waals surface area (Å²) < 4.78 is 25.4. The van der Waals surface area contributed by atoms with Crippen molar-refractivity contribution in [3.63, 3.8) is 0 Å². The van der Waals surface area contributed by atoms with E-state index in [4.69, 9.17) is 21.1 Å². The van der Waals surface area contributed by atoms with Gasteiger partial charge in [-0.2, -0.15) is 0 Å². The molecule has 1 unspecified atom stereocenters. The number of hydrogen-bond acceptors (Lipinski definition) is 4. The Balaban J connectivity index is 1.50. The molecule has 34 heavy (non-hydrogen) atoms. The number of aryl methyl sites for hydroxylation is 1. The molecule has 0 saturated carbocycles. The molecular weight excluding hydrogens is 459 g/mol. The van der Waals surface area contributed by atoms with Crippen LogP contribution >= 0.6 is 11.6 Å². The third kappa shape index (κ3) is 5.73. The van der Waals surface area contributed by atoms with E-state index in [-0.39, 0.29) is 11.7 Å². The molecule has 1 saturated heterocycles. The Kier molecular flexibility index (Phi) is 7.45. The second kappa shape index (κ2) is 10.7. The third-order valence-electron chi connectivity index (χ3n) is 5.50. The van der Waals surface area contributed by atoms with Gasteiger partial charge in [0.25, 0.3) is 11.8 Å². The molecule has 3 aromatic rings. The first-order valence-corrected chi connectivity index (χ1v) is 11.3. The molecule has 4 rings (SSSR count). The summed E-state index contributed by atoms with van der Waals surface area (Å²) in [6.45, 7) is 2.88. The van der Waals surface area contributed by atoms with Crippen LogP contribution in [0.5, 0.6) is 5.75 Å². The molecule has 0 aliphatic carbocycles. The van der Waals surface area contributed by atoms with E-state index in [9.17, 15) is 14.0 Å². The molecule has 1 atom stereocenters. The van der Waals surface area contributed by atoms with E-state index in [1.165, 1.54) is 18.2 Å². The van der Waals surface area contributed by atoms with Gasteiger partial charge in [0.15, 0.2) is 0 Å². The van der Waals surface area contributed by atoms with E-state index >= 15 is 0 Å². The molecule has 0 spiro atoms.